The number of ether oxygens (including phenoxy) is 2. The van der Waals surface area contributed by atoms with Crippen LogP contribution in [0.2, 0.25) is 0 Å². The van der Waals surface area contributed by atoms with Gasteiger partial charge in [0, 0.05) is 24.0 Å². The molecule has 0 unspecified atom stereocenters. The van der Waals surface area contributed by atoms with Crippen LogP contribution in [-0.4, -0.2) is 25.6 Å². The van der Waals surface area contributed by atoms with Crippen molar-refractivity contribution in [3.05, 3.63) is 11.8 Å². The number of allylic oxidation sites excluding steroid dienone is 2. The van der Waals surface area contributed by atoms with Gasteiger partial charge in [-0.25, -0.2) is 0 Å². The van der Waals surface area contributed by atoms with Crippen molar-refractivity contribution in [3.63, 3.8) is 0 Å². The number of carbonyl (C=O) groups excluding carboxylic acids is 1. The van der Waals surface area contributed by atoms with Crippen LogP contribution in [0.15, 0.2) is 11.8 Å². The van der Waals surface area contributed by atoms with Gasteiger partial charge in [0.15, 0.2) is 5.78 Å². The van der Waals surface area contributed by atoms with Crippen molar-refractivity contribution < 1.29 is 14.3 Å². The van der Waals surface area contributed by atoms with Crippen molar-refractivity contribution in [3.8, 4) is 0 Å². The van der Waals surface area contributed by atoms with Crippen molar-refractivity contribution in [1.82, 2.24) is 0 Å². The summed E-state index contributed by atoms with van der Waals surface area (Å²) >= 11 is 0. The molecular formula is C18H36O3. The quantitative estimate of drug-likeness (QED) is 0.541. The third kappa shape index (κ3) is 10.5. The lowest BCUT2D eigenvalue weighted by Gasteiger charge is -2.23. The summed E-state index contributed by atoms with van der Waals surface area (Å²) in [6.45, 7) is 18.1. The standard InChI is InChI=1S/C12H22O2.C6H14O/c1-11(2,3)9(13)8-10(14-7)12(4,5)6;1-5-6(2,3)7-4/h8H,1-7H3;5H2,1-4H3/b10-8-;. The molecule has 0 aliphatic carbocycles. The Hall–Kier alpha value is -0.830. The molecule has 0 N–H and O–H groups in total. The largest absolute Gasteiger partial charge is 0.500 e. The first kappa shape index (κ1) is 22.5. The molecule has 0 saturated heterocycles. The lowest BCUT2D eigenvalue weighted by Crippen LogP contribution is -2.21. The summed E-state index contributed by atoms with van der Waals surface area (Å²) in [5.74, 6) is 0.835. The average molecular weight is 300 g/mol. The van der Waals surface area contributed by atoms with Gasteiger partial charge in [-0.1, -0.05) is 48.5 Å². The SMILES string of the molecule is CCC(C)(C)OC.CO/C(=C\C(=O)C(C)(C)C)C(C)(C)C. The zero-order valence-corrected chi connectivity index (χ0v) is 16.0. The summed E-state index contributed by atoms with van der Waals surface area (Å²) in [6.07, 6.45) is 2.68. The molecule has 21 heavy (non-hydrogen) atoms. The molecule has 0 spiro atoms. The Morgan fingerprint density at radius 2 is 1.33 bits per heavy atom. The molecule has 0 fully saturated rings. The van der Waals surface area contributed by atoms with Crippen LogP contribution in [0.1, 0.15) is 68.7 Å². The molecule has 0 amide bonds. The fraction of sp³-hybridized carbons (Fsp3) is 0.833. The number of methoxy groups -OCH3 is 2. The molecule has 0 aromatic rings. The second kappa shape index (κ2) is 8.57. The minimum Gasteiger partial charge on any atom is -0.500 e. The van der Waals surface area contributed by atoms with Crippen molar-refractivity contribution in [1.29, 1.82) is 0 Å². The van der Waals surface area contributed by atoms with E-state index in [0.29, 0.717) is 0 Å². The highest BCUT2D eigenvalue weighted by atomic mass is 16.5. The molecule has 3 nitrogen and oxygen atoms in total. The third-order valence-electron chi connectivity index (χ3n) is 3.36. The van der Waals surface area contributed by atoms with E-state index in [9.17, 15) is 4.79 Å². The summed E-state index contributed by atoms with van der Waals surface area (Å²) in [5.41, 5.74) is -0.370. The first-order valence-electron chi connectivity index (χ1n) is 7.57. The van der Waals surface area contributed by atoms with Crippen LogP contribution in [-0.2, 0) is 14.3 Å². The molecule has 0 aliphatic heterocycles. The number of carbonyl (C=O) groups is 1. The maximum Gasteiger partial charge on any atom is 0.164 e. The fourth-order valence-corrected chi connectivity index (χ4v) is 1.06. The van der Waals surface area contributed by atoms with Crippen molar-refractivity contribution >= 4 is 5.78 Å². The van der Waals surface area contributed by atoms with E-state index in [2.05, 4.69) is 20.8 Å². The van der Waals surface area contributed by atoms with Gasteiger partial charge in [0.1, 0.15) is 5.76 Å². The molecule has 0 bridgehead atoms. The van der Waals surface area contributed by atoms with Crippen LogP contribution in [0.3, 0.4) is 0 Å². The first-order valence-corrected chi connectivity index (χ1v) is 7.57. The molecule has 0 aromatic heterocycles. The van der Waals surface area contributed by atoms with Gasteiger partial charge in [0.2, 0.25) is 0 Å². The van der Waals surface area contributed by atoms with E-state index >= 15 is 0 Å². The van der Waals surface area contributed by atoms with Gasteiger partial charge < -0.3 is 9.47 Å². The predicted octanol–water partition coefficient (Wildman–Crippen LogP) is 5.00. The maximum atomic E-state index is 11.7. The molecule has 0 atom stereocenters. The van der Waals surface area contributed by atoms with E-state index in [1.807, 2.05) is 41.5 Å². The second-order valence-corrected chi connectivity index (χ2v) is 7.89. The lowest BCUT2D eigenvalue weighted by atomic mass is 9.87. The van der Waals surface area contributed by atoms with Crippen LogP contribution < -0.4 is 0 Å². The van der Waals surface area contributed by atoms with E-state index < -0.39 is 0 Å². The van der Waals surface area contributed by atoms with E-state index in [-0.39, 0.29) is 22.2 Å². The molecule has 126 valence electrons. The topological polar surface area (TPSA) is 35.5 Å². The summed E-state index contributed by atoms with van der Waals surface area (Å²) in [6, 6.07) is 0. The van der Waals surface area contributed by atoms with Crippen molar-refractivity contribution in [2.24, 2.45) is 10.8 Å². The van der Waals surface area contributed by atoms with Crippen LogP contribution in [0, 0.1) is 10.8 Å². The normalized spacial score (nSPS) is 13.4. The highest BCUT2D eigenvalue weighted by molar-refractivity contribution is 5.94. The summed E-state index contributed by atoms with van der Waals surface area (Å²) in [4.78, 5) is 11.7. The van der Waals surface area contributed by atoms with Gasteiger partial charge in [-0.2, -0.15) is 0 Å². The van der Waals surface area contributed by atoms with Crippen LogP contribution in [0.4, 0.5) is 0 Å². The van der Waals surface area contributed by atoms with Gasteiger partial charge in [-0.3, -0.25) is 4.79 Å². The zero-order chi connectivity index (χ0) is 17.5. The Bertz CT molecular complexity index is 332. The zero-order valence-electron chi connectivity index (χ0n) is 16.0. The van der Waals surface area contributed by atoms with Gasteiger partial charge in [0.05, 0.1) is 12.7 Å². The minimum atomic E-state index is -0.338. The molecule has 0 aliphatic rings. The molecule has 0 saturated carbocycles. The number of rotatable bonds is 4. The Morgan fingerprint density at radius 3 is 1.48 bits per heavy atom. The van der Waals surface area contributed by atoms with E-state index in [1.54, 1.807) is 20.3 Å². The Morgan fingerprint density at radius 1 is 0.905 bits per heavy atom. The smallest absolute Gasteiger partial charge is 0.164 e. The lowest BCUT2D eigenvalue weighted by molar-refractivity contribution is -0.121. The highest BCUT2D eigenvalue weighted by Gasteiger charge is 2.24. The van der Waals surface area contributed by atoms with Crippen molar-refractivity contribution in [2.45, 2.75) is 74.3 Å². The van der Waals surface area contributed by atoms with Gasteiger partial charge in [0.25, 0.3) is 0 Å². The number of hydrogen-bond acceptors (Lipinski definition) is 3. The van der Waals surface area contributed by atoms with Gasteiger partial charge >= 0.3 is 0 Å². The monoisotopic (exact) mass is 300 g/mol. The number of hydrogen-bond donors (Lipinski definition) is 0. The molecule has 0 rings (SSSR count). The van der Waals surface area contributed by atoms with E-state index in [1.165, 1.54) is 0 Å². The third-order valence-corrected chi connectivity index (χ3v) is 3.36. The fourth-order valence-electron chi connectivity index (χ4n) is 1.06. The minimum absolute atomic E-state index is 0.0833. The summed E-state index contributed by atoms with van der Waals surface area (Å²) in [5, 5.41) is 0. The maximum absolute atomic E-state index is 11.7. The van der Waals surface area contributed by atoms with E-state index in [0.717, 1.165) is 12.2 Å². The van der Waals surface area contributed by atoms with Crippen LogP contribution >= 0.6 is 0 Å². The Labute approximate surface area is 132 Å². The molecule has 0 heterocycles. The summed E-state index contributed by atoms with van der Waals surface area (Å²) < 4.78 is 10.3. The Balaban J connectivity index is 0. The average Bonchev–Trinajstić information content (AvgIpc) is 2.33. The highest BCUT2D eigenvalue weighted by Crippen LogP contribution is 2.27. The molecular weight excluding hydrogens is 264 g/mol. The molecule has 0 aromatic carbocycles. The Kier molecular flexibility index (Phi) is 9.17. The first-order chi connectivity index (χ1) is 9.21. The number of ketones is 1. The van der Waals surface area contributed by atoms with Gasteiger partial charge in [-0.05, 0) is 20.3 Å². The van der Waals surface area contributed by atoms with Gasteiger partial charge in [-0.15, -0.1) is 0 Å². The summed E-state index contributed by atoms with van der Waals surface area (Å²) in [7, 11) is 3.34. The molecule has 0 radical (unpaired) electrons. The predicted molar refractivity (Wildman–Crippen MR) is 90.4 cm³/mol. The van der Waals surface area contributed by atoms with Crippen LogP contribution in [0.5, 0.6) is 0 Å². The second-order valence-electron chi connectivity index (χ2n) is 7.89. The van der Waals surface area contributed by atoms with Crippen molar-refractivity contribution in [2.75, 3.05) is 14.2 Å². The van der Waals surface area contributed by atoms with Crippen LogP contribution in [0.25, 0.3) is 0 Å². The van der Waals surface area contributed by atoms with E-state index in [4.69, 9.17) is 9.47 Å². The molecule has 3 heteroatoms.